The van der Waals surface area contributed by atoms with E-state index in [1.165, 1.54) is 18.6 Å². The molecule has 0 aliphatic heterocycles. The van der Waals surface area contributed by atoms with E-state index in [0.717, 1.165) is 11.8 Å². The quantitative estimate of drug-likeness (QED) is 0.725. The number of hydrogen-bond acceptors (Lipinski definition) is 6. The number of halogens is 1. The second-order valence-corrected chi connectivity index (χ2v) is 5.26. The third-order valence-corrected chi connectivity index (χ3v) is 3.52. The lowest BCUT2D eigenvalue weighted by Gasteiger charge is -2.04. The maximum atomic E-state index is 12.1. The molecule has 0 unspecified atom stereocenters. The maximum absolute atomic E-state index is 12.1. The van der Waals surface area contributed by atoms with Crippen LogP contribution in [0.25, 0.3) is 0 Å². The van der Waals surface area contributed by atoms with Gasteiger partial charge < -0.3 is 9.73 Å². The van der Waals surface area contributed by atoms with Crippen molar-refractivity contribution < 1.29 is 14.0 Å². The van der Waals surface area contributed by atoms with Gasteiger partial charge in [-0.3, -0.25) is 19.9 Å². The molecule has 2 amide bonds. The van der Waals surface area contributed by atoms with Crippen molar-refractivity contribution in [2.45, 2.75) is 6.54 Å². The Morgan fingerprint density at radius 1 is 1.12 bits per heavy atom. The Labute approximate surface area is 147 Å². The molecule has 3 rings (SSSR count). The second-order valence-electron chi connectivity index (χ2n) is 4.86. The molecule has 2 heterocycles. The van der Waals surface area contributed by atoms with Crippen LogP contribution in [-0.4, -0.2) is 26.8 Å². The number of aromatic nitrogens is 3. The minimum absolute atomic E-state index is 0.0292. The Morgan fingerprint density at radius 2 is 1.96 bits per heavy atom. The van der Waals surface area contributed by atoms with E-state index in [2.05, 4.69) is 25.6 Å². The third-order valence-electron chi connectivity index (χ3n) is 3.15. The van der Waals surface area contributed by atoms with E-state index in [0.29, 0.717) is 5.02 Å². The number of hydrogen-bond donors (Lipinski definition) is 2. The maximum Gasteiger partial charge on any atom is 0.302 e. The van der Waals surface area contributed by atoms with Crippen LogP contribution >= 0.6 is 11.6 Å². The molecule has 2 N–H and O–H groups in total. The van der Waals surface area contributed by atoms with Gasteiger partial charge in [0, 0.05) is 24.0 Å². The molecule has 0 saturated heterocycles. The van der Waals surface area contributed by atoms with Crippen molar-refractivity contribution in [1.29, 1.82) is 0 Å². The average Bonchev–Trinajstić information content (AvgIpc) is 3.10. The van der Waals surface area contributed by atoms with E-state index < -0.39 is 11.8 Å². The number of amides is 2. The van der Waals surface area contributed by atoms with Gasteiger partial charge in [-0.2, -0.15) is 4.98 Å². The van der Waals surface area contributed by atoms with E-state index in [4.69, 9.17) is 16.0 Å². The Kier molecular flexibility index (Phi) is 5.00. The van der Waals surface area contributed by atoms with Gasteiger partial charge in [-0.15, -0.1) is 0 Å². The van der Waals surface area contributed by atoms with Gasteiger partial charge in [0.15, 0.2) is 5.69 Å². The van der Waals surface area contributed by atoms with Crippen LogP contribution in [0.2, 0.25) is 5.02 Å². The Bertz CT molecular complexity index is 898. The van der Waals surface area contributed by atoms with Crippen molar-refractivity contribution in [3.8, 4) is 0 Å². The number of nitrogens with one attached hydrogen (secondary N) is 2. The van der Waals surface area contributed by atoms with Crippen LogP contribution in [0.1, 0.15) is 26.5 Å². The van der Waals surface area contributed by atoms with E-state index >= 15 is 0 Å². The average molecular weight is 358 g/mol. The van der Waals surface area contributed by atoms with E-state index in [-0.39, 0.29) is 23.9 Å². The smallest absolute Gasteiger partial charge is 0.302 e. The van der Waals surface area contributed by atoms with Crippen LogP contribution in [0.15, 0.2) is 53.5 Å². The molecule has 2 aromatic heterocycles. The first-order valence-electron chi connectivity index (χ1n) is 7.18. The summed E-state index contributed by atoms with van der Waals surface area (Å²) in [5.74, 6) is -0.998. The molecule has 0 bridgehead atoms. The molecule has 0 saturated carbocycles. The summed E-state index contributed by atoms with van der Waals surface area (Å²) in [6.45, 7) is 0.243. The molecule has 9 heteroatoms. The van der Waals surface area contributed by atoms with Crippen molar-refractivity contribution in [2.75, 3.05) is 5.32 Å². The largest absolute Gasteiger partial charge is 0.431 e. The van der Waals surface area contributed by atoms with E-state index in [9.17, 15) is 9.59 Å². The van der Waals surface area contributed by atoms with Crippen LogP contribution in [0.5, 0.6) is 0 Å². The fourth-order valence-corrected chi connectivity index (χ4v) is 2.12. The summed E-state index contributed by atoms with van der Waals surface area (Å²) in [4.78, 5) is 35.6. The topological polar surface area (TPSA) is 110 Å². The Hall–Kier alpha value is -3.26. The molecule has 8 nitrogen and oxygen atoms in total. The van der Waals surface area contributed by atoms with Crippen LogP contribution in [0, 0.1) is 0 Å². The lowest BCUT2D eigenvalue weighted by atomic mass is 10.2. The van der Waals surface area contributed by atoms with E-state index in [1.807, 2.05) is 6.07 Å². The van der Waals surface area contributed by atoms with Gasteiger partial charge in [-0.05, 0) is 11.6 Å². The lowest BCUT2D eigenvalue weighted by Crippen LogP contribution is -2.23. The summed E-state index contributed by atoms with van der Waals surface area (Å²) in [5, 5.41) is 5.62. The van der Waals surface area contributed by atoms with Crippen LogP contribution in [-0.2, 0) is 6.54 Å². The number of nitrogens with zero attached hydrogens (tertiary/aromatic N) is 3. The molecule has 0 radical (unpaired) electrons. The number of anilines is 1. The minimum atomic E-state index is -0.544. The van der Waals surface area contributed by atoms with Gasteiger partial charge in [-0.25, -0.2) is 4.98 Å². The monoisotopic (exact) mass is 357 g/mol. The van der Waals surface area contributed by atoms with Gasteiger partial charge >= 0.3 is 6.01 Å². The number of benzene rings is 1. The molecular formula is C16H12ClN5O3. The van der Waals surface area contributed by atoms with Gasteiger partial charge in [0.05, 0.1) is 6.20 Å². The number of carbonyl (C=O) groups is 2. The van der Waals surface area contributed by atoms with Gasteiger partial charge in [0.2, 0.25) is 0 Å². The van der Waals surface area contributed by atoms with E-state index in [1.54, 1.807) is 18.2 Å². The van der Waals surface area contributed by atoms with Crippen molar-refractivity contribution in [2.24, 2.45) is 0 Å². The third kappa shape index (κ3) is 4.18. The molecule has 0 spiro atoms. The standard InChI is InChI=1S/C16H12ClN5O3/c17-11-4-2-1-3-10(11)7-20-14(23)13-9-25-16(21-13)22-15(24)12-8-18-5-6-19-12/h1-6,8-9H,7H2,(H,20,23)(H,21,22,24). The zero-order valence-corrected chi connectivity index (χ0v) is 13.5. The van der Waals surface area contributed by atoms with Crippen LogP contribution in [0.3, 0.4) is 0 Å². The molecule has 1 aromatic carbocycles. The molecule has 0 aliphatic rings. The minimum Gasteiger partial charge on any atom is -0.431 e. The first-order chi connectivity index (χ1) is 12.1. The highest BCUT2D eigenvalue weighted by Crippen LogP contribution is 2.15. The van der Waals surface area contributed by atoms with Gasteiger partial charge in [-0.1, -0.05) is 29.8 Å². The summed E-state index contributed by atoms with van der Waals surface area (Å²) in [6.07, 6.45) is 5.28. The van der Waals surface area contributed by atoms with Crippen molar-refractivity contribution in [1.82, 2.24) is 20.3 Å². The summed E-state index contributed by atoms with van der Waals surface area (Å²) >= 11 is 6.03. The molecule has 3 aromatic rings. The number of rotatable bonds is 5. The van der Waals surface area contributed by atoms with Crippen molar-refractivity contribution in [3.63, 3.8) is 0 Å². The normalized spacial score (nSPS) is 10.3. The van der Waals surface area contributed by atoms with Gasteiger partial charge in [0.1, 0.15) is 12.0 Å². The highest BCUT2D eigenvalue weighted by Gasteiger charge is 2.15. The van der Waals surface area contributed by atoms with Gasteiger partial charge in [0.25, 0.3) is 11.8 Å². The number of carbonyl (C=O) groups excluding carboxylic acids is 2. The Balaban J connectivity index is 1.60. The molecule has 25 heavy (non-hydrogen) atoms. The summed E-state index contributed by atoms with van der Waals surface area (Å²) in [7, 11) is 0. The summed E-state index contributed by atoms with van der Waals surface area (Å²) < 4.78 is 5.08. The zero-order chi connectivity index (χ0) is 17.6. The molecule has 0 aliphatic carbocycles. The zero-order valence-electron chi connectivity index (χ0n) is 12.8. The highest BCUT2D eigenvalue weighted by atomic mass is 35.5. The van der Waals surface area contributed by atoms with Crippen molar-refractivity contribution >= 4 is 29.4 Å². The first-order valence-corrected chi connectivity index (χ1v) is 7.56. The first kappa shape index (κ1) is 16.6. The second kappa shape index (κ2) is 7.54. The molecule has 0 fully saturated rings. The van der Waals surface area contributed by atoms with Crippen molar-refractivity contribution in [3.05, 3.63) is 71.1 Å². The van der Waals surface area contributed by atoms with Crippen LogP contribution < -0.4 is 10.6 Å². The molecule has 0 atom stereocenters. The predicted octanol–water partition coefficient (Wildman–Crippen LogP) is 2.30. The summed E-state index contributed by atoms with van der Waals surface area (Å²) in [6, 6.07) is 7.05. The molecular weight excluding hydrogens is 346 g/mol. The van der Waals surface area contributed by atoms with Crippen LogP contribution in [0.4, 0.5) is 6.01 Å². The summed E-state index contributed by atoms with van der Waals surface area (Å²) in [5.41, 5.74) is 0.907. The fraction of sp³-hybridized carbons (Fsp3) is 0.0625. The number of oxazole rings is 1. The fourth-order valence-electron chi connectivity index (χ4n) is 1.92. The molecule has 126 valence electrons. The Morgan fingerprint density at radius 3 is 2.72 bits per heavy atom. The lowest BCUT2D eigenvalue weighted by molar-refractivity contribution is 0.0944. The highest BCUT2D eigenvalue weighted by molar-refractivity contribution is 6.31. The SMILES string of the molecule is O=C(NCc1ccccc1Cl)c1coc(NC(=O)c2cnccn2)n1. The predicted molar refractivity (Wildman–Crippen MR) is 89.1 cm³/mol.